The van der Waals surface area contributed by atoms with Crippen molar-refractivity contribution < 1.29 is 9.53 Å². The third-order valence-corrected chi connectivity index (χ3v) is 3.34. The Balaban J connectivity index is 1.77. The molecule has 110 valence electrons. The first-order chi connectivity index (χ1) is 9.78. The monoisotopic (exact) mass is 277 g/mol. The van der Waals surface area contributed by atoms with Gasteiger partial charge >= 0.3 is 0 Å². The number of hydrogen-bond donors (Lipinski definition) is 2. The van der Waals surface area contributed by atoms with Gasteiger partial charge in [-0.3, -0.25) is 9.69 Å². The SMILES string of the molecule is NCCOCC(=O)Nc1ccc(CN2CCCC2)cc1. The number of carbonyl (C=O) groups is 1. The minimum absolute atomic E-state index is 0.0483. The van der Waals surface area contributed by atoms with Crippen LogP contribution in [-0.4, -0.2) is 43.7 Å². The van der Waals surface area contributed by atoms with Crippen molar-refractivity contribution in [3.8, 4) is 0 Å². The molecule has 0 saturated carbocycles. The van der Waals surface area contributed by atoms with Crippen LogP contribution in [0.25, 0.3) is 0 Å². The van der Waals surface area contributed by atoms with Gasteiger partial charge in [-0.05, 0) is 43.6 Å². The highest BCUT2D eigenvalue weighted by molar-refractivity contribution is 5.91. The van der Waals surface area contributed by atoms with Gasteiger partial charge in [-0.15, -0.1) is 0 Å². The molecule has 0 spiro atoms. The second kappa shape index (κ2) is 7.99. The number of rotatable bonds is 7. The predicted molar refractivity (Wildman–Crippen MR) is 79.5 cm³/mol. The van der Waals surface area contributed by atoms with E-state index in [0.29, 0.717) is 13.2 Å². The van der Waals surface area contributed by atoms with Gasteiger partial charge in [-0.25, -0.2) is 0 Å². The maximum absolute atomic E-state index is 11.6. The number of anilines is 1. The molecule has 1 saturated heterocycles. The number of nitrogens with one attached hydrogen (secondary N) is 1. The summed E-state index contributed by atoms with van der Waals surface area (Å²) in [6, 6.07) is 8.00. The number of nitrogens with zero attached hydrogens (tertiary/aromatic N) is 1. The molecule has 1 aromatic rings. The van der Waals surface area contributed by atoms with E-state index < -0.39 is 0 Å². The Morgan fingerprint density at radius 1 is 1.25 bits per heavy atom. The van der Waals surface area contributed by atoms with Crippen LogP contribution in [0.4, 0.5) is 5.69 Å². The minimum atomic E-state index is -0.147. The quantitative estimate of drug-likeness (QED) is 0.735. The van der Waals surface area contributed by atoms with Crippen molar-refractivity contribution in [3.63, 3.8) is 0 Å². The van der Waals surface area contributed by atoms with Crippen molar-refractivity contribution in [2.75, 3.05) is 38.2 Å². The molecule has 1 amide bonds. The maximum Gasteiger partial charge on any atom is 0.250 e. The van der Waals surface area contributed by atoms with Crippen LogP contribution < -0.4 is 11.1 Å². The number of amides is 1. The summed E-state index contributed by atoms with van der Waals surface area (Å²) in [5.41, 5.74) is 7.37. The third kappa shape index (κ3) is 4.92. The van der Waals surface area contributed by atoms with Crippen LogP contribution >= 0.6 is 0 Å². The highest BCUT2D eigenvalue weighted by Crippen LogP contribution is 2.15. The zero-order chi connectivity index (χ0) is 14.2. The summed E-state index contributed by atoms with van der Waals surface area (Å²) >= 11 is 0. The summed E-state index contributed by atoms with van der Waals surface area (Å²) in [5, 5.41) is 2.80. The molecule has 1 fully saturated rings. The standard InChI is InChI=1S/C15H23N3O2/c16-7-10-20-12-15(19)17-14-5-3-13(4-6-14)11-18-8-1-2-9-18/h3-6H,1-2,7-12,16H2,(H,17,19). The number of benzene rings is 1. The van der Waals surface area contributed by atoms with E-state index in [1.807, 2.05) is 12.1 Å². The van der Waals surface area contributed by atoms with Crippen LogP contribution in [0.2, 0.25) is 0 Å². The van der Waals surface area contributed by atoms with Crippen LogP contribution in [0.3, 0.4) is 0 Å². The average molecular weight is 277 g/mol. The normalized spacial score (nSPS) is 15.4. The van der Waals surface area contributed by atoms with Crippen LogP contribution in [0.15, 0.2) is 24.3 Å². The van der Waals surface area contributed by atoms with Crippen LogP contribution in [0.5, 0.6) is 0 Å². The minimum Gasteiger partial charge on any atom is -0.370 e. The molecule has 0 aliphatic carbocycles. The summed E-state index contributed by atoms with van der Waals surface area (Å²) in [7, 11) is 0. The van der Waals surface area contributed by atoms with E-state index in [1.54, 1.807) is 0 Å². The molecule has 20 heavy (non-hydrogen) atoms. The Bertz CT molecular complexity index is 414. The molecule has 5 nitrogen and oxygen atoms in total. The smallest absolute Gasteiger partial charge is 0.250 e. The summed E-state index contributed by atoms with van der Waals surface area (Å²) in [6.07, 6.45) is 2.61. The molecule has 1 aromatic carbocycles. The second-order valence-corrected chi connectivity index (χ2v) is 5.07. The molecule has 1 aliphatic heterocycles. The highest BCUT2D eigenvalue weighted by atomic mass is 16.5. The van der Waals surface area contributed by atoms with Gasteiger partial charge in [0, 0.05) is 18.8 Å². The third-order valence-electron chi connectivity index (χ3n) is 3.34. The fraction of sp³-hybridized carbons (Fsp3) is 0.533. The van der Waals surface area contributed by atoms with Gasteiger partial charge in [0.15, 0.2) is 0 Å². The van der Waals surface area contributed by atoms with Crippen molar-refractivity contribution in [2.24, 2.45) is 5.73 Å². The van der Waals surface area contributed by atoms with E-state index >= 15 is 0 Å². The fourth-order valence-corrected chi connectivity index (χ4v) is 2.34. The zero-order valence-corrected chi connectivity index (χ0v) is 11.8. The summed E-state index contributed by atoms with van der Waals surface area (Å²) in [5.74, 6) is -0.147. The number of ether oxygens (including phenoxy) is 1. The fourth-order valence-electron chi connectivity index (χ4n) is 2.34. The van der Waals surface area contributed by atoms with Crippen LogP contribution in [-0.2, 0) is 16.1 Å². The molecule has 0 radical (unpaired) electrons. The first-order valence-corrected chi connectivity index (χ1v) is 7.17. The lowest BCUT2D eigenvalue weighted by atomic mass is 10.2. The van der Waals surface area contributed by atoms with Gasteiger partial charge in [0.1, 0.15) is 6.61 Å². The van der Waals surface area contributed by atoms with Gasteiger partial charge in [0.25, 0.3) is 0 Å². The van der Waals surface area contributed by atoms with Gasteiger partial charge in [0.05, 0.1) is 6.61 Å². The number of likely N-dealkylation sites (tertiary alicyclic amines) is 1. The van der Waals surface area contributed by atoms with E-state index in [4.69, 9.17) is 10.5 Å². The molecule has 1 aliphatic rings. The van der Waals surface area contributed by atoms with Crippen molar-refractivity contribution in [1.82, 2.24) is 4.90 Å². The molecule has 0 atom stereocenters. The number of hydrogen-bond acceptors (Lipinski definition) is 4. The van der Waals surface area contributed by atoms with Gasteiger partial charge < -0.3 is 15.8 Å². The van der Waals surface area contributed by atoms with E-state index in [1.165, 1.54) is 31.5 Å². The Morgan fingerprint density at radius 3 is 2.60 bits per heavy atom. The Hall–Kier alpha value is -1.43. The number of nitrogens with two attached hydrogens (primary N) is 1. The van der Waals surface area contributed by atoms with Crippen LogP contribution in [0, 0.1) is 0 Å². The second-order valence-electron chi connectivity index (χ2n) is 5.07. The largest absolute Gasteiger partial charge is 0.370 e. The lowest BCUT2D eigenvalue weighted by molar-refractivity contribution is -0.120. The molecular formula is C15H23N3O2. The average Bonchev–Trinajstić information content (AvgIpc) is 2.94. The first kappa shape index (κ1) is 15.0. The van der Waals surface area contributed by atoms with Crippen molar-refractivity contribution in [3.05, 3.63) is 29.8 Å². The van der Waals surface area contributed by atoms with Crippen molar-refractivity contribution >= 4 is 11.6 Å². The topological polar surface area (TPSA) is 67.6 Å². The molecular weight excluding hydrogens is 254 g/mol. The van der Waals surface area contributed by atoms with Crippen molar-refractivity contribution in [1.29, 1.82) is 0 Å². The van der Waals surface area contributed by atoms with Crippen LogP contribution in [0.1, 0.15) is 18.4 Å². The van der Waals surface area contributed by atoms with Gasteiger partial charge in [0.2, 0.25) is 5.91 Å². The molecule has 0 aromatic heterocycles. The van der Waals surface area contributed by atoms with Gasteiger partial charge in [-0.1, -0.05) is 12.1 Å². The Morgan fingerprint density at radius 2 is 1.95 bits per heavy atom. The summed E-state index contributed by atoms with van der Waals surface area (Å²) < 4.78 is 5.09. The van der Waals surface area contributed by atoms with Crippen molar-refractivity contribution in [2.45, 2.75) is 19.4 Å². The van der Waals surface area contributed by atoms with E-state index in [2.05, 4.69) is 22.3 Å². The molecule has 1 heterocycles. The van der Waals surface area contributed by atoms with E-state index in [-0.39, 0.29) is 12.5 Å². The number of carbonyl (C=O) groups excluding carboxylic acids is 1. The lowest BCUT2D eigenvalue weighted by Crippen LogP contribution is -2.21. The Kier molecular flexibility index (Phi) is 5.98. The van der Waals surface area contributed by atoms with E-state index in [0.717, 1.165) is 12.2 Å². The molecule has 2 rings (SSSR count). The molecule has 5 heteroatoms. The predicted octanol–water partition coefficient (Wildman–Crippen LogP) is 1.20. The van der Waals surface area contributed by atoms with Gasteiger partial charge in [-0.2, -0.15) is 0 Å². The zero-order valence-electron chi connectivity index (χ0n) is 11.8. The summed E-state index contributed by atoms with van der Waals surface area (Å²) in [4.78, 5) is 14.0. The molecule has 0 bridgehead atoms. The molecule has 0 unspecified atom stereocenters. The highest BCUT2D eigenvalue weighted by Gasteiger charge is 2.11. The Labute approximate surface area is 120 Å². The molecule has 3 N–H and O–H groups in total. The lowest BCUT2D eigenvalue weighted by Gasteiger charge is -2.14. The maximum atomic E-state index is 11.6. The van der Waals surface area contributed by atoms with E-state index in [9.17, 15) is 4.79 Å². The summed E-state index contributed by atoms with van der Waals surface area (Å²) in [6.45, 7) is 4.26. The first-order valence-electron chi connectivity index (χ1n) is 7.17.